The van der Waals surface area contributed by atoms with Crippen LogP contribution in [0.1, 0.15) is 0 Å². The number of anilines is 2. The summed E-state index contributed by atoms with van der Waals surface area (Å²) in [4.78, 5) is 27.7. The van der Waals surface area contributed by atoms with E-state index >= 15 is 0 Å². The van der Waals surface area contributed by atoms with Gasteiger partial charge in [0.2, 0.25) is 0 Å². The van der Waals surface area contributed by atoms with E-state index in [1.54, 1.807) is 23.9 Å². The molecule has 2 aromatic rings. The minimum atomic E-state index is -0.678. The van der Waals surface area contributed by atoms with Gasteiger partial charge in [-0.1, -0.05) is 0 Å². The Morgan fingerprint density at radius 1 is 0.739 bits per heavy atom. The molecule has 0 heterocycles. The van der Waals surface area contributed by atoms with Crippen LogP contribution in [-0.2, 0) is 9.59 Å². The molecule has 0 N–H and O–H groups in total. The van der Waals surface area contributed by atoms with Crippen LogP contribution in [-0.4, -0.2) is 46.8 Å². The standard InChI is InChI=1S/C18H20N2O2Te/c1-19(15-9-5-3-6-10-15)17(21)13-23-14-18(22)20(2)16-11-7-4-8-12-16/h3-12H,13-14H2,1-2H3. The van der Waals surface area contributed by atoms with Crippen LogP contribution in [0, 0.1) is 0 Å². The topological polar surface area (TPSA) is 40.6 Å². The summed E-state index contributed by atoms with van der Waals surface area (Å²) in [6, 6.07) is 19.1. The molecule has 0 aliphatic carbocycles. The van der Waals surface area contributed by atoms with E-state index in [0.29, 0.717) is 8.94 Å². The molecule has 0 saturated carbocycles. The first-order valence-corrected chi connectivity index (χ1v) is 10.6. The van der Waals surface area contributed by atoms with E-state index in [-0.39, 0.29) is 11.8 Å². The van der Waals surface area contributed by atoms with Gasteiger partial charge in [-0.25, -0.2) is 0 Å². The first kappa shape index (κ1) is 17.5. The summed E-state index contributed by atoms with van der Waals surface area (Å²) in [6.07, 6.45) is 0. The summed E-state index contributed by atoms with van der Waals surface area (Å²) >= 11 is -0.678. The molecule has 0 saturated heterocycles. The number of amides is 2. The maximum atomic E-state index is 12.2. The third-order valence-corrected chi connectivity index (χ3v) is 6.06. The van der Waals surface area contributed by atoms with Crippen LogP contribution < -0.4 is 9.80 Å². The molecule has 0 spiro atoms. The average Bonchev–Trinajstić information content (AvgIpc) is 2.61. The summed E-state index contributed by atoms with van der Waals surface area (Å²) in [5.41, 5.74) is 1.77. The predicted molar refractivity (Wildman–Crippen MR) is 95.1 cm³/mol. The molecular weight excluding hydrogens is 404 g/mol. The van der Waals surface area contributed by atoms with Crippen molar-refractivity contribution in [3.05, 3.63) is 60.7 Å². The van der Waals surface area contributed by atoms with Crippen molar-refractivity contribution >= 4 is 44.1 Å². The molecule has 0 aliphatic heterocycles. The zero-order chi connectivity index (χ0) is 16.7. The molecule has 2 amide bonds. The van der Waals surface area contributed by atoms with Crippen LogP contribution in [0.5, 0.6) is 0 Å². The molecular formula is C18H20N2O2Te. The van der Waals surface area contributed by atoms with Crippen LogP contribution in [0.15, 0.2) is 60.7 Å². The van der Waals surface area contributed by atoms with E-state index in [9.17, 15) is 9.59 Å². The first-order chi connectivity index (χ1) is 11.1. The zero-order valence-electron chi connectivity index (χ0n) is 13.3. The van der Waals surface area contributed by atoms with Gasteiger partial charge in [0, 0.05) is 0 Å². The molecule has 0 unspecified atom stereocenters. The summed E-state index contributed by atoms with van der Waals surface area (Å²) < 4.78 is 0.982. The van der Waals surface area contributed by atoms with Gasteiger partial charge in [0.1, 0.15) is 0 Å². The monoisotopic (exact) mass is 426 g/mol. The van der Waals surface area contributed by atoms with Gasteiger partial charge >= 0.3 is 147 Å². The molecule has 0 fully saturated rings. The molecule has 2 aromatic carbocycles. The summed E-state index contributed by atoms with van der Waals surface area (Å²) in [7, 11) is 3.56. The van der Waals surface area contributed by atoms with Gasteiger partial charge in [0.15, 0.2) is 0 Å². The Balaban J connectivity index is 1.80. The van der Waals surface area contributed by atoms with Gasteiger partial charge < -0.3 is 0 Å². The molecule has 0 bridgehead atoms. The number of carbonyl (C=O) groups excluding carboxylic acids is 2. The van der Waals surface area contributed by atoms with Crippen molar-refractivity contribution < 1.29 is 9.59 Å². The average molecular weight is 424 g/mol. The molecule has 0 aromatic heterocycles. The number of hydrogen-bond donors (Lipinski definition) is 0. The normalized spacial score (nSPS) is 10.2. The van der Waals surface area contributed by atoms with E-state index in [1.807, 2.05) is 60.7 Å². The van der Waals surface area contributed by atoms with Gasteiger partial charge in [0.25, 0.3) is 0 Å². The van der Waals surface area contributed by atoms with E-state index in [4.69, 9.17) is 0 Å². The fourth-order valence-corrected chi connectivity index (χ4v) is 4.40. The van der Waals surface area contributed by atoms with Gasteiger partial charge in [-0.2, -0.15) is 0 Å². The summed E-state index contributed by atoms with van der Waals surface area (Å²) in [5, 5.41) is 0. The second kappa shape index (κ2) is 8.71. The van der Waals surface area contributed by atoms with E-state index in [2.05, 4.69) is 0 Å². The molecule has 120 valence electrons. The Hall–Kier alpha value is -1.83. The van der Waals surface area contributed by atoms with Crippen molar-refractivity contribution in [3.63, 3.8) is 0 Å². The molecule has 4 nitrogen and oxygen atoms in total. The Morgan fingerprint density at radius 2 is 1.09 bits per heavy atom. The van der Waals surface area contributed by atoms with Crippen LogP contribution in [0.2, 0.25) is 8.94 Å². The molecule has 0 aliphatic rings. The Bertz CT molecular complexity index is 589. The third kappa shape index (κ3) is 5.09. The van der Waals surface area contributed by atoms with Gasteiger partial charge in [-0.3, -0.25) is 0 Å². The molecule has 0 radical (unpaired) electrons. The number of rotatable bonds is 6. The minimum absolute atomic E-state index is 0.0776. The summed E-state index contributed by atoms with van der Waals surface area (Å²) in [5.74, 6) is 0.155. The Labute approximate surface area is 147 Å². The zero-order valence-corrected chi connectivity index (χ0v) is 15.6. The number of para-hydroxylation sites is 2. The number of carbonyl (C=O) groups is 2. The predicted octanol–water partition coefficient (Wildman–Crippen LogP) is 2.85. The Kier molecular flexibility index (Phi) is 6.64. The van der Waals surface area contributed by atoms with Gasteiger partial charge in [-0.15, -0.1) is 0 Å². The number of nitrogens with zero attached hydrogens (tertiary/aromatic N) is 2. The van der Waals surface area contributed by atoms with E-state index in [0.717, 1.165) is 11.4 Å². The van der Waals surface area contributed by atoms with Crippen molar-refractivity contribution in [3.8, 4) is 0 Å². The van der Waals surface area contributed by atoms with Gasteiger partial charge in [-0.05, 0) is 0 Å². The SMILES string of the molecule is CN(C(=O)C[Te]CC(=O)N(C)c1ccccc1)c1ccccc1. The quantitative estimate of drug-likeness (QED) is 0.670. The van der Waals surface area contributed by atoms with Crippen LogP contribution in [0.4, 0.5) is 11.4 Å². The van der Waals surface area contributed by atoms with Crippen LogP contribution in [0.25, 0.3) is 0 Å². The summed E-state index contributed by atoms with van der Waals surface area (Å²) in [6.45, 7) is 0. The molecule has 23 heavy (non-hydrogen) atoms. The maximum absolute atomic E-state index is 12.2. The van der Waals surface area contributed by atoms with E-state index < -0.39 is 20.9 Å². The first-order valence-electron chi connectivity index (χ1n) is 7.30. The van der Waals surface area contributed by atoms with Crippen molar-refractivity contribution in [1.82, 2.24) is 0 Å². The molecule has 5 heteroatoms. The van der Waals surface area contributed by atoms with Crippen molar-refractivity contribution in [2.75, 3.05) is 23.9 Å². The van der Waals surface area contributed by atoms with Crippen molar-refractivity contribution in [2.24, 2.45) is 0 Å². The van der Waals surface area contributed by atoms with Crippen LogP contribution >= 0.6 is 0 Å². The van der Waals surface area contributed by atoms with Crippen LogP contribution in [0.3, 0.4) is 0 Å². The Morgan fingerprint density at radius 3 is 1.43 bits per heavy atom. The number of hydrogen-bond acceptors (Lipinski definition) is 2. The van der Waals surface area contributed by atoms with Gasteiger partial charge in [0.05, 0.1) is 0 Å². The fraction of sp³-hybridized carbons (Fsp3) is 0.222. The van der Waals surface area contributed by atoms with Crippen molar-refractivity contribution in [1.29, 1.82) is 0 Å². The third-order valence-electron chi connectivity index (χ3n) is 3.49. The molecule has 2 rings (SSSR count). The molecule has 0 atom stereocenters. The second-order valence-corrected chi connectivity index (χ2v) is 7.88. The fourth-order valence-electron chi connectivity index (χ4n) is 2.01. The van der Waals surface area contributed by atoms with E-state index in [1.165, 1.54) is 0 Å². The van der Waals surface area contributed by atoms with Crippen molar-refractivity contribution in [2.45, 2.75) is 8.94 Å². The second-order valence-electron chi connectivity index (χ2n) is 5.07. The number of benzene rings is 2.